The third kappa shape index (κ3) is 8.41. The van der Waals surface area contributed by atoms with Gasteiger partial charge in [0, 0.05) is 48.0 Å². The Labute approximate surface area is 338 Å². The Kier molecular flexibility index (Phi) is 11.4. The molecule has 3 atom stereocenters. The first-order valence-electron chi connectivity index (χ1n) is 19.8. The number of benzene rings is 3. The number of carbonyl (C=O) groups excluding carboxylic acids is 4. The molecule has 58 heavy (non-hydrogen) atoms. The van der Waals surface area contributed by atoms with E-state index < -0.39 is 12.1 Å². The fourth-order valence-corrected chi connectivity index (χ4v) is 7.93. The van der Waals surface area contributed by atoms with Gasteiger partial charge in [0.1, 0.15) is 23.5 Å². The van der Waals surface area contributed by atoms with Gasteiger partial charge in [-0.05, 0) is 85.1 Å². The van der Waals surface area contributed by atoms with Gasteiger partial charge in [-0.15, -0.1) is 0 Å². The third-order valence-corrected chi connectivity index (χ3v) is 10.9. The number of nitrogens with zero attached hydrogens (tertiary/aromatic N) is 4. The van der Waals surface area contributed by atoms with Crippen molar-refractivity contribution in [3.05, 3.63) is 169 Å². The van der Waals surface area contributed by atoms with Gasteiger partial charge in [-0.3, -0.25) is 29.1 Å². The summed E-state index contributed by atoms with van der Waals surface area (Å²) in [6, 6.07) is 33.2. The topological polar surface area (TPSA) is 125 Å². The Balaban J connectivity index is 0.834. The number of nitrogens with one attached hydrogen (secondary N) is 2. The Morgan fingerprint density at radius 3 is 1.67 bits per heavy atom. The number of anilines is 1. The highest BCUT2D eigenvalue weighted by atomic mass is 16.2. The molecule has 4 amide bonds. The lowest BCUT2D eigenvalue weighted by Crippen LogP contribution is -2.46. The van der Waals surface area contributed by atoms with Crippen LogP contribution in [0.4, 0.5) is 5.69 Å². The van der Waals surface area contributed by atoms with Crippen LogP contribution in [0.1, 0.15) is 58.6 Å². The van der Waals surface area contributed by atoms with Gasteiger partial charge in [-0.25, -0.2) is 0 Å². The Bertz CT molecular complexity index is 2390. The lowest BCUT2D eigenvalue weighted by molar-refractivity contribution is -0.124. The first kappa shape index (κ1) is 38.0. The smallest absolute Gasteiger partial charge is 0.273 e. The predicted molar refractivity (Wildman–Crippen MR) is 225 cm³/mol. The largest absolute Gasteiger partial charge is 0.325 e. The maximum atomic E-state index is 13.7. The minimum absolute atomic E-state index is 0.137. The van der Waals surface area contributed by atoms with Crippen molar-refractivity contribution in [3.8, 4) is 22.3 Å². The summed E-state index contributed by atoms with van der Waals surface area (Å²) in [5.74, 6) is -0.761. The first-order valence-corrected chi connectivity index (χ1v) is 19.8. The van der Waals surface area contributed by atoms with E-state index in [1.165, 1.54) is 0 Å². The van der Waals surface area contributed by atoms with E-state index in [9.17, 15) is 19.2 Å². The van der Waals surface area contributed by atoms with Crippen LogP contribution in [0.3, 0.4) is 0 Å². The van der Waals surface area contributed by atoms with Crippen LogP contribution in [0.25, 0.3) is 28.3 Å². The average molecular weight is 769 g/mol. The van der Waals surface area contributed by atoms with Crippen molar-refractivity contribution in [3.63, 3.8) is 0 Å². The Morgan fingerprint density at radius 1 is 0.621 bits per heavy atom. The van der Waals surface area contributed by atoms with E-state index >= 15 is 0 Å². The second kappa shape index (κ2) is 17.5. The quantitative estimate of drug-likeness (QED) is 0.149. The number of rotatable bonds is 10. The number of likely N-dealkylation sites (tertiary alicyclic amines) is 2. The summed E-state index contributed by atoms with van der Waals surface area (Å²) >= 11 is 0. The molecule has 2 saturated heterocycles. The molecule has 8 rings (SSSR count). The van der Waals surface area contributed by atoms with Crippen LogP contribution in [-0.2, 0) is 9.59 Å². The molecule has 4 heterocycles. The molecule has 0 saturated carbocycles. The second-order valence-corrected chi connectivity index (χ2v) is 14.7. The van der Waals surface area contributed by atoms with Crippen molar-refractivity contribution in [2.45, 2.75) is 44.2 Å². The number of pyridine rings is 2. The first-order chi connectivity index (χ1) is 28.4. The zero-order chi connectivity index (χ0) is 39.8. The summed E-state index contributed by atoms with van der Waals surface area (Å²) in [5.41, 5.74) is 6.35. The molecule has 5 aromatic rings. The molecule has 3 aliphatic rings. The molecule has 0 spiro atoms. The van der Waals surface area contributed by atoms with Gasteiger partial charge < -0.3 is 20.4 Å². The molecule has 0 radical (unpaired) electrons. The summed E-state index contributed by atoms with van der Waals surface area (Å²) < 4.78 is 0. The molecule has 10 heteroatoms. The fourth-order valence-electron chi connectivity index (χ4n) is 7.93. The van der Waals surface area contributed by atoms with Crippen molar-refractivity contribution in [1.29, 1.82) is 0 Å². The molecular weight excluding hydrogens is 725 g/mol. The number of hydrogen-bond donors (Lipinski definition) is 2. The van der Waals surface area contributed by atoms with Crippen LogP contribution < -0.4 is 10.6 Å². The van der Waals surface area contributed by atoms with Crippen LogP contribution in [0.2, 0.25) is 0 Å². The van der Waals surface area contributed by atoms with E-state index in [0.717, 1.165) is 46.4 Å². The monoisotopic (exact) mass is 768 g/mol. The van der Waals surface area contributed by atoms with Crippen molar-refractivity contribution < 1.29 is 19.2 Å². The van der Waals surface area contributed by atoms with Crippen LogP contribution >= 0.6 is 0 Å². The van der Waals surface area contributed by atoms with Crippen molar-refractivity contribution in [2.24, 2.45) is 5.92 Å². The normalized spacial score (nSPS) is 18.9. The predicted octanol–water partition coefficient (Wildman–Crippen LogP) is 7.95. The number of aromatic nitrogens is 2. The lowest BCUT2D eigenvalue weighted by atomic mass is 9.97. The zero-order valence-corrected chi connectivity index (χ0v) is 32.0. The summed E-state index contributed by atoms with van der Waals surface area (Å²) in [4.78, 5) is 66.6. The number of allylic oxidation sites excluding steroid dienone is 4. The molecule has 1 unspecified atom stereocenters. The van der Waals surface area contributed by atoms with Gasteiger partial charge in [0.15, 0.2) is 0 Å². The van der Waals surface area contributed by atoms with Gasteiger partial charge in [0.25, 0.3) is 11.8 Å². The van der Waals surface area contributed by atoms with Crippen molar-refractivity contribution in [2.75, 3.05) is 18.4 Å². The maximum absolute atomic E-state index is 13.7. The number of carbonyl (C=O) groups is 4. The molecule has 290 valence electrons. The number of amides is 4. The molecule has 3 aromatic carbocycles. The van der Waals surface area contributed by atoms with E-state index in [0.29, 0.717) is 49.4 Å². The van der Waals surface area contributed by atoms with Gasteiger partial charge in [0.2, 0.25) is 11.8 Å². The summed E-state index contributed by atoms with van der Waals surface area (Å²) in [5, 5.41) is 6.05. The minimum Gasteiger partial charge on any atom is -0.325 e. The second-order valence-electron chi connectivity index (χ2n) is 14.7. The van der Waals surface area contributed by atoms with E-state index in [4.69, 9.17) is 0 Å². The molecule has 2 aliphatic heterocycles. The third-order valence-electron chi connectivity index (χ3n) is 10.9. The lowest BCUT2D eigenvalue weighted by Gasteiger charge is -2.25. The van der Waals surface area contributed by atoms with Crippen LogP contribution in [-0.4, -0.2) is 68.6 Å². The van der Waals surface area contributed by atoms with E-state index in [-0.39, 0.29) is 29.5 Å². The minimum atomic E-state index is -0.585. The SMILES string of the molecule is O=C(NC1=CCC(/C=C/c2ccc(NC(=O)[C@@H]3CCCN3C(=O)c3ncccc3-c3ccccc3)cc2)C=C1)[C@@H]1CCCN1C(=O)c1ncccc1-c1ccccc1. The highest BCUT2D eigenvalue weighted by Crippen LogP contribution is 2.29. The van der Waals surface area contributed by atoms with E-state index in [1.54, 1.807) is 22.2 Å². The highest BCUT2D eigenvalue weighted by Gasteiger charge is 2.37. The van der Waals surface area contributed by atoms with E-state index in [1.807, 2.05) is 127 Å². The van der Waals surface area contributed by atoms with Gasteiger partial charge in [0.05, 0.1) is 0 Å². The zero-order valence-electron chi connectivity index (χ0n) is 32.0. The Morgan fingerprint density at radius 2 is 1.16 bits per heavy atom. The summed E-state index contributed by atoms with van der Waals surface area (Å²) in [6.45, 7) is 0.993. The molecule has 2 aromatic heterocycles. The molecule has 2 N–H and O–H groups in total. The standard InChI is InChI=1S/C48H44N6O4/c55-45(41-17-9-31-53(41)47(57)43-39(15-7-29-49-43)35-11-3-1-4-12-35)51-37-25-21-33(22-26-37)19-20-34-23-27-38(28-24-34)52-46(56)42-18-10-32-54(42)48(58)44-40(16-8-30-50-44)36-13-5-2-6-14-36/h1-8,11-16,19-23,25-30,34,41-42H,9-10,17-18,24,31-32H2,(H,51,55)(H,52,56)/b20-19+/t34?,41-,42-/m0/s1. The van der Waals surface area contributed by atoms with Crippen LogP contribution in [0.5, 0.6) is 0 Å². The molecule has 1 aliphatic carbocycles. The van der Waals surface area contributed by atoms with Crippen LogP contribution in [0.15, 0.2) is 152 Å². The molecular formula is C48H44N6O4. The molecule has 0 bridgehead atoms. The van der Waals surface area contributed by atoms with Gasteiger partial charge in [-0.1, -0.05) is 109 Å². The highest BCUT2D eigenvalue weighted by molar-refractivity contribution is 6.04. The van der Waals surface area contributed by atoms with Gasteiger partial charge in [-0.2, -0.15) is 0 Å². The number of hydrogen-bond acceptors (Lipinski definition) is 6. The fraction of sp³-hybridized carbons (Fsp3) is 0.208. The van der Waals surface area contributed by atoms with E-state index in [2.05, 4.69) is 32.8 Å². The Hall–Kier alpha value is -6.94. The average Bonchev–Trinajstić information content (AvgIpc) is 3.99. The summed E-state index contributed by atoms with van der Waals surface area (Å²) in [7, 11) is 0. The summed E-state index contributed by atoms with van der Waals surface area (Å²) in [6.07, 6.45) is 16.7. The van der Waals surface area contributed by atoms with Crippen molar-refractivity contribution >= 4 is 35.4 Å². The molecule has 10 nitrogen and oxygen atoms in total. The van der Waals surface area contributed by atoms with Crippen LogP contribution in [0, 0.1) is 5.92 Å². The van der Waals surface area contributed by atoms with Gasteiger partial charge >= 0.3 is 0 Å². The molecule has 2 fully saturated rings. The maximum Gasteiger partial charge on any atom is 0.273 e. The van der Waals surface area contributed by atoms with Crippen molar-refractivity contribution in [1.82, 2.24) is 25.1 Å².